The normalized spacial score (nSPS) is 11.7. The molecule has 7 heteroatoms. The van der Waals surface area contributed by atoms with Crippen LogP contribution in [0.25, 0.3) is 10.9 Å². The van der Waals surface area contributed by atoms with Crippen molar-refractivity contribution >= 4 is 28.3 Å². The van der Waals surface area contributed by atoms with Gasteiger partial charge in [-0.15, -0.1) is 0 Å². The molecule has 1 atom stereocenters. The van der Waals surface area contributed by atoms with Crippen LogP contribution in [0.2, 0.25) is 0 Å². The SMILES string of the molecule is Nc1ccc(Oc2ccc(C(=O)C(COCc3ccccc3)NC(=O)c3ccc4[nH]ccc4c3)cc2)cc1. The predicted octanol–water partition coefficient (Wildman–Crippen LogP) is 5.74. The van der Waals surface area contributed by atoms with Crippen LogP contribution >= 0.6 is 0 Å². The summed E-state index contributed by atoms with van der Waals surface area (Å²) in [4.78, 5) is 29.7. The number of ketones is 1. The van der Waals surface area contributed by atoms with Gasteiger partial charge in [-0.1, -0.05) is 30.3 Å². The topological polar surface area (TPSA) is 106 Å². The van der Waals surface area contributed by atoms with Gasteiger partial charge in [0.2, 0.25) is 0 Å². The number of aromatic nitrogens is 1. The molecule has 5 aromatic rings. The molecule has 4 aromatic carbocycles. The lowest BCUT2D eigenvalue weighted by Crippen LogP contribution is -2.44. The second-order valence-corrected chi connectivity index (χ2v) is 8.87. The molecule has 0 aliphatic carbocycles. The number of carbonyl (C=O) groups excluding carboxylic acids is 2. The van der Waals surface area contributed by atoms with E-state index in [4.69, 9.17) is 15.2 Å². The molecule has 190 valence electrons. The van der Waals surface area contributed by atoms with E-state index in [1.807, 2.05) is 48.7 Å². The zero-order valence-electron chi connectivity index (χ0n) is 20.6. The Balaban J connectivity index is 1.30. The zero-order chi connectivity index (χ0) is 26.3. The van der Waals surface area contributed by atoms with E-state index in [9.17, 15) is 9.59 Å². The van der Waals surface area contributed by atoms with Crippen LogP contribution in [-0.4, -0.2) is 29.3 Å². The van der Waals surface area contributed by atoms with Crippen molar-refractivity contribution in [2.75, 3.05) is 12.3 Å². The number of benzene rings is 4. The molecule has 0 fully saturated rings. The Morgan fingerprint density at radius 2 is 1.50 bits per heavy atom. The van der Waals surface area contributed by atoms with Crippen molar-refractivity contribution in [3.8, 4) is 11.5 Å². The molecule has 1 unspecified atom stereocenters. The largest absolute Gasteiger partial charge is 0.457 e. The molecule has 0 saturated heterocycles. The van der Waals surface area contributed by atoms with Gasteiger partial charge in [0.25, 0.3) is 5.91 Å². The molecule has 1 aromatic heterocycles. The fraction of sp³-hybridized carbons (Fsp3) is 0.0968. The highest BCUT2D eigenvalue weighted by molar-refractivity contribution is 6.05. The van der Waals surface area contributed by atoms with Crippen LogP contribution in [-0.2, 0) is 11.3 Å². The maximum atomic E-state index is 13.5. The van der Waals surface area contributed by atoms with Gasteiger partial charge in [0, 0.05) is 33.9 Å². The number of hydrogen-bond acceptors (Lipinski definition) is 5. The Morgan fingerprint density at radius 3 is 2.24 bits per heavy atom. The Labute approximate surface area is 220 Å². The molecule has 0 saturated carbocycles. The Kier molecular flexibility index (Phi) is 7.47. The minimum atomic E-state index is -0.878. The molecule has 0 aliphatic heterocycles. The predicted molar refractivity (Wildman–Crippen MR) is 147 cm³/mol. The summed E-state index contributed by atoms with van der Waals surface area (Å²) in [5, 5.41) is 3.78. The monoisotopic (exact) mass is 505 g/mol. The smallest absolute Gasteiger partial charge is 0.251 e. The molecular formula is C31H27N3O4. The van der Waals surface area contributed by atoms with Crippen molar-refractivity contribution in [1.82, 2.24) is 10.3 Å². The molecule has 5 rings (SSSR count). The van der Waals surface area contributed by atoms with E-state index in [0.717, 1.165) is 16.5 Å². The van der Waals surface area contributed by atoms with Gasteiger partial charge in [-0.2, -0.15) is 0 Å². The first-order chi connectivity index (χ1) is 18.5. The van der Waals surface area contributed by atoms with E-state index >= 15 is 0 Å². The summed E-state index contributed by atoms with van der Waals surface area (Å²) in [6.45, 7) is 0.347. The van der Waals surface area contributed by atoms with Gasteiger partial charge >= 0.3 is 0 Å². The van der Waals surface area contributed by atoms with Crippen molar-refractivity contribution in [1.29, 1.82) is 0 Å². The number of nitrogens with two attached hydrogens (primary N) is 1. The van der Waals surface area contributed by atoms with Crippen LogP contribution in [0.1, 0.15) is 26.3 Å². The number of rotatable bonds is 10. The second-order valence-electron chi connectivity index (χ2n) is 8.87. The Hall–Kier alpha value is -4.88. The molecule has 38 heavy (non-hydrogen) atoms. The summed E-state index contributed by atoms with van der Waals surface area (Å²) < 4.78 is 11.7. The number of aromatic amines is 1. The van der Waals surface area contributed by atoms with Crippen LogP contribution in [0, 0.1) is 0 Å². The van der Waals surface area contributed by atoms with Crippen molar-refractivity contribution in [2.45, 2.75) is 12.6 Å². The number of hydrogen-bond donors (Lipinski definition) is 3. The summed E-state index contributed by atoms with van der Waals surface area (Å²) in [5.74, 6) is 0.607. The number of ether oxygens (including phenoxy) is 2. The summed E-state index contributed by atoms with van der Waals surface area (Å²) in [5.41, 5.74) is 9.18. The molecular weight excluding hydrogens is 478 g/mol. The van der Waals surface area contributed by atoms with Gasteiger partial charge < -0.3 is 25.5 Å². The first-order valence-electron chi connectivity index (χ1n) is 12.2. The number of H-pyrrole nitrogens is 1. The second kappa shape index (κ2) is 11.5. The molecule has 0 radical (unpaired) electrons. The van der Waals surface area contributed by atoms with Gasteiger partial charge in [0.15, 0.2) is 5.78 Å². The highest BCUT2D eigenvalue weighted by Gasteiger charge is 2.23. The van der Waals surface area contributed by atoms with E-state index in [1.165, 1.54) is 0 Å². The van der Waals surface area contributed by atoms with Gasteiger partial charge in [0.05, 0.1) is 13.2 Å². The third-order valence-corrected chi connectivity index (χ3v) is 6.09. The minimum absolute atomic E-state index is 0.0234. The number of nitrogen functional groups attached to an aromatic ring is 1. The maximum absolute atomic E-state index is 13.5. The van der Waals surface area contributed by atoms with Crippen LogP contribution < -0.4 is 15.8 Å². The highest BCUT2D eigenvalue weighted by atomic mass is 16.5. The van der Waals surface area contributed by atoms with Gasteiger partial charge in [-0.3, -0.25) is 9.59 Å². The van der Waals surface area contributed by atoms with Crippen LogP contribution in [0.3, 0.4) is 0 Å². The molecule has 0 aliphatic rings. The molecule has 0 spiro atoms. The lowest BCUT2D eigenvalue weighted by atomic mass is 10.0. The van der Waals surface area contributed by atoms with E-state index < -0.39 is 6.04 Å². The molecule has 0 bridgehead atoms. The lowest BCUT2D eigenvalue weighted by molar-refractivity contribution is 0.0672. The number of nitrogens with one attached hydrogen (secondary N) is 2. The molecule has 1 amide bonds. The van der Waals surface area contributed by atoms with Crippen molar-refractivity contribution in [2.24, 2.45) is 0 Å². The Morgan fingerprint density at radius 1 is 0.816 bits per heavy atom. The maximum Gasteiger partial charge on any atom is 0.251 e. The Bertz CT molecular complexity index is 1530. The lowest BCUT2D eigenvalue weighted by Gasteiger charge is -2.18. The highest BCUT2D eigenvalue weighted by Crippen LogP contribution is 2.23. The van der Waals surface area contributed by atoms with Crippen molar-refractivity contribution < 1.29 is 19.1 Å². The first-order valence-corrected chi connectivity index (χ1v) is 12.2. The third kappa shape index (κ3) is 6.08. The fourth-order valence-corrected chi connectivity index (χ4v) is 4.05. The van der Waals surface area contributed by atoms with E-state index in [-0.39, 0.29) is 18.3 Å². The first kappa shape index (κ1) is 24.8. The third-order valence-electron chi connectivity index (χ3n) is 6.09. The zero-order valence-corrected chi connectivity index (χ0v) is 20.6. The summed E-state index contributed by atoms with van der Waals surface area (Å²) in [7, 11) is 0. The summed E-state index contributed by atoms with van der Waals surface area (Å²) >= 11 is 0. The standard InChI is InChI=1S/C31H27N3O4/c32-25-9-13-27(14-10-25)38-26-11-6-22(7-12-26)30(35)29(20-37-19-21-4-2-1-3-5-21)34-31(36)24-8-15-28-23(18-24)16-17-33-28/h1-18,29,33H,19-20,32H2,(H,34,36). The van der Waals surface area contributed by atoms with E-state index in [2.05, 4.69) is 10.3 Å². The number of carbonyl (C=O) groups is 2. The average molecular weight is 506 g/mol. The van der Waals surface area contributed by atoms with Crippen molar-refractivity contribution in [3.63, 3.8) is 0 Å². The van der Waals surface area contributed by atoms with E-state index in [0.29, 0.717) is 34.9 Å². The molecule has 7 nitrogen and oxygen atoms in total. The fourth-order valence-electron chi connectivity index (χ4n) is 4.05. The number of fused-ring (bicyclic) bond motifs is 1. The van der Waals surface area contributed by atoms with Gasteiger partial charge in [-0.05, 0) is 78.4 Å². The van der Waals surface area contributed by atoms with Gasteiger partial charge in [0.1, 0.15) is 17.5 Å². The van der Waals surface area contributed by atoms with E-state index in [1.54, 1.807) is 60.7 Å². The number of anilines is 1. The molecule has 4 N–H and O–H groups in total. The van der Waals surface area contributed by atoms with Crippen molar-refractivity contribution in [3.05, 3.63) is 126 Å². The van der Waals surface area contributed by atoms with Crippen LogP contribution in [0.15, 0.2) is 109 Å². The van der Waals surface area contributed by atoms with Crippen LogP contribution in [0.5, 0.6) is 11.5 Å². The molecule has 1 heterocycles. The summed E-state index contributed by atoms with van der Waals surface area (Å²) in [6.07, 6.45) is 1.82. The quantitative estimate of drug-likeness (QED) is 0.166. The van der Waals surface area contributed by atoms with Crippen LogP contribution in [0.4, 0.5) is 5.69 Å². The number of amides is 1. The summed E-state index contributed by atoms with van der Waals surface area (Å²) in [6, 6.07) is 29.9. The number of Topliss-reactive ketones (excluding diaryl/α,β-unsaturated/α-hetero) is 1. The van der Waals surface area contributed by atoms with Gasteiger partial charge in [-0.25, -0.2) is 0 Å². The minimum Gasteiger partial charge on any atom is -0.457 e. The average Bonchev–Trinajstić information content (AvgIpc) is 3.42.